The van der Waals surface area contributed by atoms with Gasteiger partial charge in [0.05, 0.1) is 16.9 Å². The summed E-state index contributed by atoms with van der Waals surface area (Å²) in [7, 11) is 0. The molecule has 4 heterocycles. The second kappa shape index (κ2) is 11.0. The van der Waals surface area contributed by atoms with Gasteiger partial charge in [-0.1, -0.05) is 31.0 Å². The normalized spacial score (nSPS) is 20.6. The Hall–Kier alpha value is -3.39. The standard InChI is InChI=1S/C31H33BrN4O3/c32-25-9-4-3-8-24(25)30(38)33-26-17-22(31(39)34-14-5-1-2-6-15-34)12-13-28(26)35-18-21-16-23(20-35)27-10-7-11-29(37)36(27)19-21/h3-4,7-13,17,21,23H,1-2,5-6,14-16,18-20H2,(H,33,38). The molecule has 202 valence electrons. The molecule has 39 heavy (non-hydrogen) atoms. The molecule has 2 atom stereocenters. The number of benzene rings is 2. The maximum atomic E-state index is 13.5. The minimum Gasteiger partial charge on any atom is -0.369 e. The van der Waals surface area contributed by atoms with Crippen LogP contribution in [0.25, 0.3) is 0 Å². The Morgan fingerprint density at radius 3 is 2.46 bits per heavy atom. The predicted molar refractivity (Wildman–Crippen MR) is 157 cm³/mol. The Bertz CT molecular complexity index is 1460. The zero-order valence-electron chi connectivity index (χ0n) is 21.9. The molecule has 1 aromatic heterocycles. The summed E-state index contributed by atoms with van der Waals surface area (Å²) in [5.74, 6) is 0.360. The van der Waals surface area contributed by atoms with E-state index in [-0.39, 0.29) is 23.3 Å². The van der Waals surface area contributed by atoms with Crippen LogP contribution in [-0.2, 0) is 6.54 Å². The number of anilines is 2. The number of aromatic nitrogens is 1. The molecule has 2 fully saturated rings. The van der Waals surface area contributed by atoms with Crippen LogP contribution in [0, 0.1) is 5.92 Å². The van der Waals surface area contributed by atoms with Crippen molar-refractivity contribution in [2.45, 2.75) is 44.6 Å². The molecule has 2 unspecified atom stereocenters. The van der Waals surface area contributed by atoms with Crippen LogP contribution in [0.1, 0.15) is 64.4 Å². The van der Waals surface area contributed by atoms with Crippen LogP contribution >= 0.6 is 15.9 Å². The summed E-state index contributed by atoms with van der Waals surface area (Å²) in [6.07, 6.45) is 5.41. The van der Waals surface area contributed by atoms with Gasteiger partial charge in [-0.2, -0.15) is 0 Å². The number of piperidine rings is 1. The number of amides is 2. The lowest BCUT2D eigenvalue weighted by atomic mass is 9.83. The zero-order chi connectivity index (χ0) is 26.9. The topological polar surface area (TPSA) is 74.7 Å². The van der Waals surface area contributed by atoms with Crippen LogP contribution in [0.4, 0.5) is 11.4 Å². The number of halogens is 1. The van der Waals surface area contributed by atoms with E-state index in [1.54, 1.807) is 12.1 Å². The highest BCUT2D eigenvalue weighted by Crippen LogP contribution is 2.39. The molecule has 3 aliphatic heterocycles. The van der Waals surface area contributed by atoms with E-state index in [0.29, 0.717) is 29.3 Å². The SMILES string of the molecule is O=C(Nc1cc(C(=O)N2CCCCCC2)ccc1N1CC2CC(C1)c1cccc(=O)n1C2)c1ccccc1Br. The summed E-state index contributed by atoms with van der Waals surface area (Å²) >= 11 is 3.50. The van der Waals surface area contributed by atoms with Gasteiger partial charge < -0.3 is 19.7 Å². The average Bonchev–Trinajstić information content (AvgIpc) is 3.23. The smallest absolute Gasteiger partial charge is 0.256 e. The molecular formula is C31H33BrN4O3. The first-order valence-corrected chi connectivity index (χ1v) is 14.7. The molecule has 8 heteroatoms. The van der Waals surface area contributed by atoms with Crippen LogP contribution < -0.4 is 15.8 Å². The van der Waals surface area contributed by atoms with Crippen molar-refractivity contribution in [1.29, 1.82) is 0 Å². The number of pyridine rings is 1. The average molecular weight is 590 g/mol. The van der Waals surface area contributed by atoms with Crippen LogP contribution in [0.2, 0.25) is 0 Å². The molecule has 0 saturated carbocycles. The molecule has 1 N–H and O–H groups in total. The lowest BCUT2D eigenvalue weighted by molar-refractivity contribution is 0.0761. The Morgan fingerprint density at radius 2 is 1.67 bits per heavy atom. The highest BCUT2D eigenvalue weighted by molar-refractivity contribution is 9.10. The van der Waals surface area contributed by atoms with Crippen molar-refractivity contribution >= 4 is 39.1 Å². The third-order valence-corrected chi connectivity index (χ3v) is 9.02. The van der Waals surface area contributed by atoms with Gasteiger partial charge >= 0.3 is 0 Å². The van der Waals surface area contributed by atoms with Gasteiger partial charge in [0.2, 0.25) is 0 Å². The van der Waals surface area contributed by atoms with E-state index in [9.17, 15) is 14.4 Å². The second-order valence-electron chi connectivity index (χ2n) is 11.0. The fourth-order valence-corrected chi connectivity index (χ4v) is 6.89. The van der Waals surface area contributed by atoms with Gasteiger partial charge in [-0.05, 0) is 77.5 Å². The molecule has 2 aromatic carbocycles. The number of rotatable bonds is 4. The number of carbonyl (C=O) groups excluding carboxylic acids is 2. The Kier molecular flexibility index (Phi) is 7.30. The lowest BCUT2D eigenvalue weighted by Gasteiger charge is -2.44. The van der Waals surface area contributed by atoms with E-state index in [1.165, 1.54) is 0 Å². The Morgan fingerprint density at radius 1 is 0.872 bits per heavy atom. The first-order chi connectivity index (χ1) is 19.0. The molecule has 6 rings (SSSR count). The quantitative estimate of drug-likeness (QED) is 0.436. The third-order valence-electron chi connectivity index (χ3n) is 8.32. The van der Waals surface area contributed by atoms with Crippen LogP contribution in [0.5, 0.6) is 0 Å². The monoisotopic (exact) mass is 588 g/mol. The zero-order valence-corrected chi connectivity index (χ0v) is 23.5. The summed E-state index contributed by atoms with van der Waals surface area (Å²) in [5, 5.41) is 3.13. The van der Waals surface area contributed by atoms with E-state index < -0.39 is 0 Å². The number of carbonyl (C=O) groups is 2. The van der Waals surface area contributed by atoms with Crippen molar-refractivity contribution in [3.05, 3.63) is 92.3 Å². The number of nitrogens with one attached hydrogen (secondary N) is 1. The number of hydrogen-bond donors (Lipinski definition) is 1. The van der Waals surface area contributed by atoms with Gasteiger partial charge in [-0.15, -0.1) is 0 Å². The second-order valence-corrected chi connectivity index (χ2v) is 11.8. The van der Waals surface area contributed by atoms with Crippen LogP contribution in [-0.4, -0.2) is 47.5 Å². The third kappa shape index (κ3) is 5.26. The molecule has 0 spiro atoms. The summed E-state index contributed by atoms with van der Waals surface area (Å²) in [5.41, 5.74) is 3.82. The van der Waals surface area contributed by atoms with Gasteiger partial charge in [0, 0.05) is 60.4 Å². The van der Waals surface area contributed by atoms with Crippen molar-refractivity contribution in [2.24, 2.45) is 5.92 Å². The molecule has 2 bridgehead atoms. The number of hydrogen-bond acceptors (Lipinski definition) is 4. The highest BCUT2D eigenvalue weighted by atomic mass is 79.9. The van der Waals surface area contributed by atoms with Gasteiger partial charge in [0.1, 0.15) is 0 Å². The molecule has 0 aliphatic carbocycles. The molecule has 7 nitrogen and oxygen atoms in total. The molecule has 2 amide bonds. The largest absolute Gasteiger partial charge is 0.369 e. The Labute approximate surface area is 236 Å². The van der Waals surface area contributed by atoms with Crippen LogP contribution in [0.3, 0.4) is 0 Å². The summed E-state index contributed by atoms with van der Waals surface area (Å²) in [4.78, 5) is 43.7. The number of likely N-dealkylation sites (tertiary alicyclic amines) is 1. The highest BCUT2D eigenvalue weighted by Gasteiger charge is 2.35. The van der Waals surface area contributed by atoms with Crippen molar-refractivity contribution in [1.82, 2.24) is 9.47 Å². The number of nitrogens with zero attached hydrogens (tertiary/aromatic N) is 3. The van der Waals surface area contributed by atoms with Gasteiger partial charge in [-0.3, -0.25) is 14.4 Å². The van der Waals surface area contributed by atoms with Gasteiger partial charge in [0.25, 0.3) is 17.4 Å². The first-order valence-electron chi connectivity index (χ1n) is 13.9. The van der Waals surface area contributed by atoms with Crippen molar-refractivity contribution in [3.8, 4) is 0 Å². The molecular weight excluding hydrogens is 556 g/mol. The van der Waals surface area contributed by atoms with E-state index in [4.69, 9.17) is 0 Å². The van der Waals surface area contributed by atoms with Crippen molar-refractivity contribution < 1.29 is 9.59 Å². The lowest BCUT2D eigenvalue weighted by Crippen LogP contribution is -2.47. The summed E-state index contributed by atoms with van der Waals surface area (Å²) in [6, 6.07) is 18.6. The minimum atomic E-state index is -0.225. The van der Waals surface area contributed by atoms with E-state index in [2.05, 4.69) is 32.2 Å². The molecule has 3 aromatic rings. The first kappa shape index (κ1) is 25.9. The van der Waals surface area contributed by atoms with Crippen molar-refractivity contribution in [3.63, 3.8) is 0 Å². The Balaban J connectivity index is 1.34. The predicted octanol–water partition coefficient (Wildman–Crippen LogP) is 5.50. The molecule has 3 aliphatic rings. The maximum absolute atomic E-state index is 13.5. The molecule has 2 saturated heterocycles. The summed E-state index contributed by atoms with van der Waals surface area (Å²) in [6.45, 7) is 3.78. The van der Waals surface area contributed by atoms with Gasteiger partial charge in [0.15, 0.2) is 0 Å². The van der Waals surface area contributed by atoms with Crippen LogP contribution in [0.15, 0.2) is 69.9 Å². The fourth-order valence-electron chi connectivity index (χ4n) is 6.43. The molecule has 0 radical (unpaired) electrons. The van der Waals surface area contributed by atoms with E-state index >= 15 is 0 Å². The fraction of sp³-hybridized carbons (Fsp3) is 0.387. The van der Waals surface area contributed by atoms with Gasteiger partial charge in [-0.25, -0.2) is 0 Å². The van der Waals surface area contributed by atoms with Crippen molar-refractivity contribution in [2.75, 3.05) is 36.4 Å². The van der Waals surface area contributed by atoms with E-state index in [1.807, 2.05) is 51.9 Å². The summed E-state index contributed by atoms with van der Waals surface area (Å²) < 4.78 is 2.64. The number of fused-ring (bicyclic) bond motifs is 4. The van der Waals surface area contributed by atoms with E-state index in [0.717, 1.165) is 74.1 Å². The maximum Gasteiger partial charge on any atom is 0.256 e. The minimum absolute atomic E-state index is 0.0173.